The molecule has 0 aliphatic rings. The Balaban J connectivity index is 2.31. The van der Waals surface area contributed by atoms with Crippen molar-refractivity contribution in [2.24, 2.45) is 0 Å². The molecule has 0 saturated carbocycles. The molecule has 4 heteroatoms. The summed E-state index contributed by atoms with van der Waals surface area (Å²) >= 11 is 0. The first kappa shape index (κ1) is 17.3. The molecule has 0 aliphatic heterocycles. The second-order valence-corrected chi connectivity index (χ2v) is 6.17. The molecular formula is C19H25NO3. The summed E-state index contributed by atoms with van der Waals surface area (Å²) in [6, 6.07) is 11.9. The van der Waals surface area contributed by atoms with Crippen molar-refractivity contribution in [2.75, 3.05) is 13.7 Å². The predicted octanol–water partition coefficient (Wildman–Crippen LogP) is 3.01. The van der Waals surface area contributed by atoms with Crippen LogP contribution >= 0.6 is 0 Å². The van der Waals surface area contributed by atoms with Gasteiger partial charge in [0.1, 0.15) is 5.75 Å². The van der Waals surface area contributed by atoms with Crippen LogP contribution < -0.4 is 4.74 Å². The lowest BCUT2D eigenvalue weighted by Gasteiger charge is -2.28. The number of nitrogens with zero attached hydrogens (tertiary/aromatic N) is 1. The monoisotopic (exact) mass is 315 g/mol. The summed E-state index contributed by atoms with van der Waals surface area (Å²) < 4.78 is 5.29. The highest BCUT2D eigenvalue weighted by molar-refractivity contribution is 5.91. The van der Waals surface area contributed by atoms with Crippen LogP contribution in [0.15, 0.2) is 36.4 Å². The molecule has 124 valence electrons. The zero-order chi connectivity index (χ0) is 17.0. The molecule has 1 amide bonds. The van der Waals surface area contributed by atoms with E-state index in [1.807, 2.05) is 50.2 Å². The number of methoxy groups -OCH3 is 1. The molecule has 2 aromatic rings. The minimum absolute atomic E-state index is 0.0243. The molecule has 0 spiro atoms. The number of aliphatic hydroxyl groups excluding tert-OH is 1. The Morgan fingerprint density at radius 1 is 1.22 bits per heavy atom. The van der Waals surface area contributed by atoms with E-state index in [2.05, 4.69) is 0 Å². The van der Waals surface area contributed by atoms with Gasteiger partial charge in [-0.1, -0.05) is 24.3 Å². The van der Waals surface area contributed by atoms with Gasteiger partial charge < -0.3 is 14.7 Å². The second-order valence-electron chi connectivity index (χ2n) is 6.17. The standard InChI is InChI=1S/C19H25NO3/c1-13(2)20(12-14(3)21)19(22)10-16-7-5-6-15-8-9-17(23-4)11-18(15)16/h5-9,11,13-14,21H,10,12H2,1-4H3. The lowest BCUT2D eigenvalue weighted by molar-refractivity contribution is -0.133. The highest BCUT2D eigenvalue weighted by atomic mass is 16.5. The maximum absolute atomic E-state index is 12.7. The highest BCUT2D eigenvalue weighted by Gasteiger charge is 2.19. The quantitative estimate of drug-likeness (QED) is 0.891. The third kappa shape index (κ3) is 4.23. The average Bonchev–Trinajstić information content (AvgIpc) is 2.52. The lowest BCUT2D eigenvalue weighted by Crippen LogP contribution is -2.42. The van der Waals surface area contributed by atoms with Gasteiger partial charge in [-0.25, -0.2) is 0 Å². The van der Waals surface area contributed by atoms with Crippen molar-refractivity contribution in [3.63, 3.8) is 0 Å². The smallest absolute Gasteiger partial charge is 0.227 e. The number of hydrogen-bond acceptors (Lipinski definition) is 3. The Bertz CT molecular complexity index is 679. The van der Waals surface area contributed by atoms with Crippen LogP contribution in [-0.2, 0) is 11.2 Å². The summed E-state index contributed by atoms with van der Waals surface area (Å²) in [5, 5.41) is 11.7. The molecular weight excluding hydrogens is 290 g/mol. The van der Waals surface area contributed by atoms with E-state index in [9.17, 15) is 9.90 Å². The molecule has 0 fully saturated rings. The minimum atomic E-state index is -0.533. The number of amides is 1. The van der Waals surface area contributed by atoms with Crippen LogP contribution in [0.1, 0.15) is 26.3 Å². The molecule has 1 unspecified atom stereocenters. The van der Waals surface area contributed by atoms with E-state index in [1.54, 1.807) is 18.9 Å². The van der Waals surface area contributed by atoms with E-state index >= 15 is 0 Å². The predicted molar refractivity (Wildman–Crippen MR) is 92.7 cm³/mol. The summed E-state index contributed by atoms with van der Waals surface area (Å²) in [7, 11) is 1.64. The molecule has 0 heterocycles. The van der Waals surface area contributed by atoms with Gasteiger partial charge in [-0.15, -0.1) is 0 Å². The van der Waals surface area contributed by atoms with Crippen LogP contribution in [0, 0.1) is 0 Å². The Kier molecular flexibility index (Phi) is 5.61. The normalized spacial score (nSPS) is 12.4. The average molecular weight is 315 g/mol. The summed E-state index contributed by atoms with van der Waals surface area (Å²) in [5.74, 6) is 0.804. The van der Waals surface area contributed by atoms with Crippen LogP contribution in [0.2, 0.25) is 0 Å². The molecule has 2 aromatic carbocycles. The molecule has 0 aliphatic carbocycles. The molecule has 1 atom stereocenters. The minimum Gasteiger partial charge on any atom is -0.497 e. The van der Waals surface area contributed by atoms with Gasteiger partial charge in [0.2, 0.25) is 5.91 Å². The lowest BCUT2D eigenvalue weighted by atomic mass is 10.0. The molecule has 0 bridgehead atoms. The van der Waals surface area contributed by atoms with E-state index < -0.39 is 6.10 Å². The summed E-state index contributed by atoms with van der Waals surface area (Å²) in [5.41, 5.74) is 0.975. The SMILES string of the molecule is COc1ccc2cccc(CC(=O)N(CC(C)O)C(C)C)c2c1. The zero-order valence-corrected chi connectivity index (χ0v) is 14.2. The van der Waals surface area contributed by atoms with Gasteiger partial charge in [0.05, 0.1) is 19.6 Å². The summed E-state index contributed by atoms with van der Waals surface area (Å²) in [6.45, 7) is 5.98. The van der Waals surface area contributed by atoms with Crippen molar-refractivity contribution >= 4 is 16.7 Å². The van der Waals surface area contributed by atoms with Gasteiger partial charge in [0, 0.05) is 12.6 Å². The zero-order valence-electron chi connectivity index (χ0n) is 14.2. The van der Waals surface area contributed by atoms with Gasteiger partial charge in [0.15, 0.2) is 0 Å². The van der Waals surface area contributed by atoms with Gasteiger partial charge in [-0.05, 0) is 49.2 Å². The fraction of sp³-hybridized carbons (Fsp3) is 0.421. The van der Waals surface area contributed by atoms with Crippen LogP contribution in [0.5, 0.6) is 5.75 Å². The highest BCUT2D eigenvalue weighted by Crippen LogP contribution is 2.25. The Morgan fingerprint density at radius 2 is 1.96 bits per heavy atom. The third-order valence-electron chi connectivity index (χ3n) is 3.93. The molecule has 0 saturated heterocycles. The van der Waals surface area contributed by atoms with Crippen LogP contribution in [0.25, 0.3) is 10.8 Å². The molecule has 0 radical (unpaired) electrons. The van der Waals surface area contributed by atoms with E-state index in [1.165, 1.54) is 0 Å². The first-order valence-corrected chi connectivity index (χ1v) is 7.95. The van der Waals surface area contributed by atoms with Crippen molar-refractivity contribution in [1.29, 1.82) is 0 Å². The third-order valence-corrected chi connectivity index (χ3v) is 3.93. The summed E-state index contributed by atoms with van der Waals surface area (Å²) in [4.78, 5) is 14.4. The maximum atomic E-state index is 12.7. The Hall–Kier alpha value is -2.07. The van der Waals surface area contributed by atoms with Crippen molar-refractivity contribution in [3.8, 4) is 5.75 Å². The second kappa shape index (κ2) is 7.47. The topological polar surface area (TPSA) is 49.8 Å². The van der Waals surface area contributed by atoms with E-state index in [0.29, 0.717) is 13.0 Å². The number of ether oxygens (including phenoxy) is 1. The fourth-order valence-corrected chi connectivity index (χ4v) is 2.75. The summed E-state index contributed by atoms with van der Waals surface area (Å²) in [6.07, 6.45) is -0.218. The number of carbonyl (C=O) groups excluding carboxylic acids is 1. The van der Waals surface area contributed by atoms with Gasteiger partial charge >= 0.3 is 0 Å². The number of hydrogen-bond donors (Lipinski definition) is 1. The first-order valence-electron chi connectivity index (χ1n) is 7.95. The van der Waals surface area contributed by atoms with E-state index in [-0.39, 0.29) is 11.9 Å². The van der Waals surface area contributed by atoms with E-state index in [0.717, 1.165) is 22.1 Å². The molecule has 23 heavy (non-hydrogen) atoms. The molecule has 1 N–H and O–H groups in total. The van der Waals surface area contributed by atoms with Crippen molar-refractivity contribution in [3.05, 3.63) is 42.0 Å². The first-order chi connectivity index (χ1) is 10.9. The van der Waals surface area contributed by atoms with E-state index in [4.69, 9.17) is 4.74 Å². The van der Waals surface area contributed by atoms with Gasteiger partial charge in [-0.2, -0.15) is 0 Å². The number of carbonyl (C=O) groups is 1. The van der Waals surface area contributed by atoms with Gasteiger partial charge in [-0.3, -0.25) is 4.79 Å². The Labute approximate surface area is 137 Å². The van der Waals surface area contributed by atoms with Crippen molar-refractivity contribution < 1.29 is 14.6 Å². The van der Waals surface area contributed by atoms with Crippen LogP contribution in [-0.4, -0.2) is 41.7 Å². The van der Waals surface area contributed by atoms with Crippen molar-refractivity contribution in [2.45, 2.75) is 39.3 Å². The fourth-order valence-electron chi connectivity index (χ4n) is 2.75. The number of aliphatic hydroxyl groups is 1. The van der Waals surface area contributed by atoms with Crippen LogP contribution in [0.4, 0.5) is 0 Å². The van der Waals surface area contributed by atoms with Crippen molar-refractivity contribution in [1.82, 2.24) is 4.90 Å². The molecule has 4 nitrogen and oxygen atoms in total. The molecule has 0 aromatic heterocycles. The Morgan fingerprint density at radius 3 is 2.57 bits per heavy atom. The number of fused-ring (bicyclic) bond motifs is 1. The maximum Gasteiger partial charge on any atom is 0.227 e. The largest absolute Gasteiger partial charge is 0.497 e. The van der Waals surface area contributed by atoms with Crippen LogP contribution in [0.3, 0.4) is 0 Å². The number of rotatable bonds is 6. The number of benzene rings is 2. The molecule has 2 rings (SSSR count). The van der Waals surface area contributed by atoms with Gasteiger partial charge in [0.25, 0.3) is 0 Å².